The van der Waals surface area contributed by atoms with Gasteiger partial charge in [0.25, 0.3) is 0 Å². The first-order valence-corrected chi connectivity index (χ1v) is 6.46. The van der Waals surface area contributed by atoms with Crippen LogP contribution in [0, 0.1) is 0 Å². The lowest BCUT2D eigenvalue weighted by Crippen LogP contribution is -2.01. The molecule has 0 aromatic heterocycles. The van der Waals surface area contributed by atoms with E-state index in [1.54, 1.807) is 13.0 Å². The van der Waals surface area contributed by atoms with Crippen LogP contribution in [-0.2, 0) is 9.53 Å². The first kappa shape index (κ1) is 15.1. The highest BCUT2D eigenvalue weighted by atomic mass is 16.5. The van der Waals surface area contributed by atoms with Crippen LogP contribution < -0.4 is 9.47 Å². The Bertz CT molecular complexity index is 438. The zero-order valence-corrected chi connectivity index (χ0v) is 11.6. The molecule has 0 unspecified atom stereocenters. The molecule has 1 aromatic carbocycles. The molecule has 0 fully saturated rings. The molecule has 0 atom stereocenters. The lowest BCUT2D eigenvalue weighted by Gasteiger charge is -2.13. The van der Waals surface area contributed by atoms with E-state index < -0.39 is 0 Å². The van der Waals surface area contributed by atoms with Crippen LogP contribution in [-0.4, -0.2) is 25.8 Å². The second-order valence-electron chi connectivity index (χ2n) is 3.63. The van der Waals surface area contributed by atoms with E-state index in [1.165, 1.54) is 6.08 Å². The van der Waals surface area contributed by atoms with E-state index in [9.17, 15) is 4.79 Å². The van der Waals surface area contributed by atoms with Crippen molar-refractivity contribution in [3.8, 4) is 11.5 Å². The van der Waals surface area contributed by atoms with Gasteiger partial charge in [0.2, 0.25) is 0 Å². The standard InChI is InChI=1S/C15H20O4/c1-4-17-13-9-7-8-12(15(13)19-6-3)10-11-14(16)18-5-2/h7-11H,4-6H2,1-3H3. The maximum Gasteiger partial charge on any atom is 0.330 e. The Morgan fingerprint density at radius 1 is 1.11 bits per heavy atom. The predicted molar refractivity (Wildman–Crippen MR) is 74.4 cm³/mol. The number of hydrogen-bond acceptors (Lipinski definition) is 4. The summed E-state index contributed by atoms with van der Waals surface area (Å²) in [5.41, 5.74) is 0.792. The van der Waals surface area contributed by atoms with Crippen molar-refractivity contribution in [3.05, 3.63) is 29.8 Å². The number of hydrogen-bond donors (Lipinski definition) is 0. The Morgan fingerprint density at radius 3 is 2.47 bits per heavy atom. The summed E-state index contributed by atoms with van der Waals surface area (Å²) in [6, 6.07) is 5.57. The van der Waals surface area contributed by atoms with Crippen LogP contribution in [0.1, 0.15) is 26.3 Å². The highest BCUT2D eigenvalue weighted by Crippen LogP contribution is 2.32. The highest BCUT2D eigenvalue weighted by molar-refractivity contribution is 5.87. The van der Waals surface area contributed by atoms with Gasteiger partial charge >= 0.3 is 5.97 Å². The second kappa shape index (κ2) is 8.19. The molecule has 0 N–H and O–H groups in total. The first-order valence-electron chi connectivity index (χ1n) is 6.46. The van der Waals surface area contributed by atoms with Crippen LogP contribution in [0.2, 0.25) is 0 Å². The van der Waals surface area contributed by atoms with Crippen LogP contribution in [0.3, 0.4) is 0 Å². The molecule has 0 aliphatic carbocycles. The van der Waals surface area contributed by atoms with Gasteiger partial charge in [0, 0.05) is 11.6 Å². The van der Waals surface area contributed by atoms with Gasteiger partial charge in [-0.2, -0.15) is 0 Å². The lowest BCUT2D eigenvalue weighted by molar-refractivity contribution is -0.137. The van der Waals surface area contributed by atoms with Crippen molar-refractivity contribution in [2.45, 2.75) is 20.8 Å². The molecule has 0 aliphatic heterocycles. The average molecular weight is 264 g/mol. The molecule has 0 spiro atoms. The largest absolute Gasteiger partial charge is 0.490 e. The molecule has 4 nitrogen and oxygen atoms in total. The average Bonchev–Trinajstić information content (AvgIpc) is 2.40. The van der Waals surface area contributed by atoms with Gasteiger partial charge in [0.15, 0.2) is 11.5 Å². The molecule has 104 valence electrons. The molecule has 0 aliphatic rings. The number of rotatable bonds is 7. The molecule has 0 saturated carbocycles. The molecule has 19 heavy (non-hydrogen) atoms. The summed E-state index contributed by atoms with van der Waals surface area (Å²) in [6.45, 7) is 7.04. The second-order valence-corrected chi connectivity index (χ2v) is 3.63. The fourth-order valence-corrected chi connectivity index (χ4v) is 1.58. The fraction of sp³-hybridized carbons (Fsp3) is 0.400. The minimum atomic E-state index is -0.369. The van der Waals surface area contributed by atoms with Crippen LogP contribution >= 0.6 is 0 Å². The van der Waals surface area contributed by atoms with Crippen LogP contribution in [0.5, 0.6) is 11.5 Å². The number of esters is 1. The third-order valence-corrected chi connectivity index (χ3v) is 2.28. The minimum absolute atomic E-state index is 0.362. The summed E-state index contributed by atoms with van der Waals surface area (Å²) in [5, 5.41) is 0. The maximum atomic E-state index is 11.3. The van der Waals surface area contributed by atoms with Crippen LogP contribution in [0.25, 0.3) is 6.08 Å². The van der Waals surface area contributed by atoms with Gasteiger partial charge in [-0.1, -0.05) is 12.1 Å². The normalized spacial score (nSPS) is 10.5. The van der Waals surface area contributed by atoms with Crippen LogP contribution in [0.4, 0.5) is 0 Å². The summed E-state index contributed by atoms with van der Waals surface area (Å²) < 4.78 is 15.9. The van der Waals surface area contributed by atoms with Crippen molar-refractivity contribution in [2.75, 3.05) is 19.8 Å². The zero-order chi connectivity index (χ0) is 14.1. The molecule has 1 aromatic rings. The monoisotopic (exact) mass is 264 g/mol. The summed E-state index contributed by atoms with van der Waals surface area (Å²) in [5.74, 6) is 0.953. The van der Waals surface area contributed by atoms with Crippen molar-refractivity contribution in [1.29, 1.82) is 0 Å². The molecular formula is C15H20O4. The van der Waals surface area contributed by atoms with Gasteiger partial charge in [-0.05, 0) is 32.9 Å². The molecular weight excluding hydrogens is 244 g/mol. The zero-order valence-electron chi connectivity index (χ0n) is 11.6. The summed E-state index contributed by atoms with van der Waals surface area (Å²) in [4.78, 5) is 11.3. The van der Waals surface area contributed by atoms with Gasteiger partial charge < -0.3 is 14.2 Å². The molecule has 0 saturated heterocycles. The summed E-state index contributed by atoms with van der Waals surface area (Å²) in [6.07, 6.45) is 3.06. The van der Waals surface area contributed by atoms with Gasteiger partial charge in [-0.3, -0.25) is 0 Å². The molecule has 0 heterocycles. The number of para-hydroxylation sites is 1. The number of ether oxygens (including phenoxy) is 3. The van der Waals surface area contributed by atoms with Crippen molar-refractivity contribution < 1.29 is 19.0 Å². The Labute approximate surface area is 114 Å². The van der Waals surface area contributed by atoms with Gasteiger partial charge in [0.05, 0.1) is 19.8 Å². The smallest absolute Gasteiger partial charge is 0.330 e. The number of benzene rings is 1. The third-order valence-electron chi connectivity index (χ3n) is 2.28. The first-order chi connectivity index (χ1) is 9.22. The van der Waals surface area contributed by atoms with E-state index >= 15 is 0 Å². The highest BCUT2D eigenvalue weighted by Gasteiger charge is 2.08. The van der Waals surface area contributed by atoms with E-state index in [0.29, 0.717) is 31.3 Å². The maximum absolute atomic E-state index is 11.3. The lowest BCUT2D eigenvalue weighted by atomic mass is 10.1. The minimum Gasteiger partial charge on any atom is -0.490 e. The van der Waals surface area contributed by atoms with Crippen molar-refractivity contribution in [3.63, 3.8) is 0 Å². The van der Waals surface area contributed by atoms with Crippen molar-refractivity contribution in [1.82, 2.24) is 0 Å². The SMILES string of the molecule is CCOC(=O)C=Cc1cccc(OCC)c1OCC. The van der Waals surface area contributed by atoms with Crippen molar-refractivity contribution in [2.24, 2.45) is 0 Å². The van der Waals surface area contributed by atoms with E-state index in [1.807, 2.05) is 32.0 Å². The number of carbonyl (C=O) groups excluding carboxylic acids is 1. The van der Waals surface area contributed by atoms with E-state index in [-0.39, 0.29) is 5.97 Å². The third kappa shape index (κ3) is 4.66. The Morgan fingerprint density at radius 2 is 1.84 bits per heavy atom. The van der Waals surface area contributed by atoms with Crippen LogP contribution in [0.15, 0.2) is 24.3 Å². The van der Waals surface area contributed by atoms with Gasteiger partial charge in [0.1, 0.15) is 0 Å². The summed E-state index contributed by atoms with van der Waals surface area (Å²) in [7, 11) is 0. The molecule has 0 radical (unpaired) electrons. The summed E-state index contributed by atoms with van der Waals surface area (Å²) >= 11 is 0. The molecule has 0 bridgehead atoms. The van der Waals surface area contributed by atoms with E-state index in [4.69, 9.17) is 14.2 Å². The quantitative estimate of drug-likeness (QED) is 0.561. The fourth-order valence-electron chi connectivity index (χ4n) is 1.58. The van der Waals surface area contributed by atoms with Gasteiger partial charge in [-0.15, -0.1) is 0 Å². The van der Waals surface area contributed by atoms with E-state index in [0.717, 1.165) is 5.56 Å². The molecule has 4 heteroatoms. The molecule has 1 rings (SSSR count). The molecule has 0 amide bonds. The van der Waals surface area contributed by atoms with Gasteiger partial charge in [-0.25, -0.2) is 4.79 Å². The Kier molecular flexibility index (Phi) is 6.50. The Hall–Kier alpha value is -1.97. The topological polar surface area (TPSA) is 44.8 Å². The number of carbonyl (C=O) groups is 1. The Balaban J connectivity index is 2.98. The van der Waals surface area contributed by atoms with E-state index in [2.05, 4.69) is 0 Å². The van der Waals surface area contributed by atoms with Crippen molar-refractivity contribution >= 4 is 12.0 Å². The predicted octanol–water partition coefficient (Wildman–Crippen LogP) is 3.06.